The summed E-state index contributed by atoms with van der Waals surface area (Å²) in [5.74, 6) is 0.479. The molecule has 1 aromatic carbocycles. The van der Waals surface area contributed by atoms with Crippen molar-refractivity contribution >= 4 is 45.5 Å². The van der Waals surface area contributed by atoms with Crippen molar-refractivity contribution in [2.45, 2.75) is 18.9 Å². The smallest absolute Gasteiger partial charge is 0.396 e. The normalized spacial score (nSPS) is 15.9. The maximum absolute atomic E-state index is 12.5. The highest BCUT2D eigenvalue weighted by atomic mass is 32.2. The van der Waals surface area contributed by atoms with Crippen molar-refractivity contribution in [3.63, 3.8) is 0 Å². The molecular formula is C19H17NO7S2. The number of benzene rings is 1. The van der Waals surface area contributed by atoms with Gasteiger partial charge in [0.05, 0.1) is 7.11 Å². The Balaban J connectivity index is 1.61. The highest BCUT2D eigenvalue weighted by Crippen LogP contribution is 2.49. The van der Waals surface area contributed by atoms with Crippen LogP contribution in [0.2, 0.25) is 0 Å². The summed E-state index contributed by atoms with van der Waals surface area (Å²) >= 11 is -0.832. The van der Waals surface area contributed by atoms with Gasteiger partial charge in [0.15, 0.2) is 11.5 Å². The summed E-state index contributed by atoms with van der Waals surface area (Å²) in [6.45, 7) is -0.0528. The van der Waals surface area contributed by atoms with Gasteiger partial charge < -0.3 is 23.5 Å². The first-order chi connectivity index (χ1) is 14.1. The van der Waals surface area contributed by atoms with Gasteiger partial charge in [-0.2, -0.15) is 4.72 Å². The Kier molecular flexibility index (Phi) is 5.65. The van der Waals surface area contributed by atoms with Gasteiger partial charge >= 0.3 is 11.1 Å². The summed E-state index contributed by atoms with van der Waals surface area (Å²) < 4.78 is 36.7. The van der Waals surface area contributed by atoms with E-state index in [1.54, 1.807) is 23.6 Å². The summed E-state index contributed by atoms with van der Waals surface area (Å²) in [5, 5.41) is 1.18. The number of fused-ring (bicyclic) bond motifs is 1. The number of anilines is 1. The van der Waals surface area contributed by atoms with E-state index in [1.807, 2.05) is 0 Å². The van der Waals surface area contributed by atoms with Crippen LogP contribution < -0.4 is 18.9 Å². The molecule has 0 amide bonds. The Bertz CT molecular complexity index is 954. The maximum atomic E-state index is 12.5. The summed E-state index contributed by atoms with van der Waals surface area (Å²) in [5.41, 5.74) is 0.768. The summed E-state index contributed by atoms with van der Waals surface area (Å²) in [4.78, 5) is 24.6. The minimum Gasteiger partial charge on any atom is -0.585 e. The maximum Gasteiger partial charge on any atom is 0.396 e. The third-order valence-electron chi connectivity index (χ3n) is 4.13. The summed E-state index contributed by atoms with van der Waals surface area (Å²) in [7, 11) is 1.46. The van der Waals surface area contributed by atoms with E-state index in [2.05, 4.69) is 4.72 Å². The van der Waals surface area contributed by atoms with Gasteiger partial charge in [0.25, 0.3) is 0 Å². The first kappa shape index (κ1) is 19.6. The standard InChI is InChI=1S/C19H17NO7S2/c1-24-16-11(4-7-15(21)27-12-5-6-12)9-13(17-18(16)26-10-25-17)20-29(23)19(22)14-3-2-8-28-14/h2-4,7-9,12,20H,5-6,10H2,1H3/b7-4+. The lowest BCUT2D eigenvalue weighted by atomic mass is 10.1. The largest absolute Gasteiger partial charge is 0.585 e. The zero-order valence-electron chi connectivity index (χ0n) is 15.3. The van der Waals surface area contributed by atoms with Crippen LogP contribution in [0.5, 0.6) is 17.2 Å². The van der Waals surface area contributed by atoms with Gasteiger partial charge in [-0.1, -0.05) is 6.07 Å². The van der Waals surface area contributed by atoms with Crippen LogP contribution in [0, 0.1) is 0 Å². The number of carbonyl (C=O) groups is 2. The molecule has 152 valence electrons. The van der Waals surface area contributed by atoms with Gasteiger partial charge in [-0.15, -0.1) is 11.3 Å². The molecular weight excluding hydrogens is 418 g/mol. The highest BCUT2D eigenvalue weighted by molar-refractivity contribution is 8.08. The highest BCUT2D eigenvalue weighted by Gasteiger charge is 2.31. The number of methoxy groups -OCH3 is 1. The average molecular weight is 435 g/mol. The average Bonchev–Trinajstić information content (AvgIpc) is 3.17. The van der Waals surface area contributed by atoms with Crippen molar-refractivity contribution in [1.29, 1.82) is 0 Å². The molecule has 1 aliphatic carbocycles. The Morgan fingerprint density at radius 1 is 1.34 bits per heavy atom. The van der Waals surface area contributed by atoms with Crippen molar-refractivity contribution in [2.24, 2.45) is 0 Å². The molecule has 4 rings (SSSR count). The van der Waals surface area contributed by atoms with Crippen molar-refractivity contribution in [1.82, 2.24) is 0 Å². The van der Waals surface area contributed by atoms with E-state index in [0.29, 0.717) is 21.9 Å². The Morgan fingerprint density at radius 2 is 2.14 bits per heavy atom. The fourth-order valence-electron chi connectivity index (χ4n) is 2.65. The Morgan fingerprint density at radius 3 is 2.83 bits per heavy atom. The first-order valence-corrected chi connectivity index (χ1v) is 10.8. The van der Waals surface area contributed by atoms with Gasteiger partial charge in [-0.25, -0.2) is 9.59 Å². The number of ether oxygens (including phenoxy) is 4. The van der Waals surface area contributed by atoms with Crippen LogP contribution >= 0.6 is 11.3 Å². The Hall–Kier alpha value is -2.69. The minimum absolute atomic E-state index is 0.00582. The van der Waals surface area contributed by atoms with E-state index >= 15 is 0 Å². The number of thiophene rings is 1. The molecule has 2 heterocycles. The van der Waals surface area contributed by atoms with Crippen LogP contribution in [0.1, 0.15) is 28.1 Å². The van der Waals surface area contributed by atoms with Crippen molar-refractivity contribution < 1.29 is 33.1 Å². The van der Waals surface area contributed by atoms with Gasteiger partial charge in [0.2, 0.25) is 12.5 Å². The lowest BCUT2D eigenvalue weighted by Crippen LogP contribution is -2.22. The van der Waals surface area contributed by atoms with Gasteiger partial charge in [0, 0.05) is 11.6 Å². The second kappa shape index (κ2) is 8.36. The molecule has 1 aliphatic heterocycles. The molecule has 10 heteroatoms. The first-order valence-electron chi connectivity index (χ1n) is 8.72. The van der Waals surface area contributed by atoms with E-state index in [1.165, 1.54) is 30.6 Å². The predicted octanol–water partition coefficient (Wildman–Crippen LogP) is 3.12. The molecule has 0 saturated heterocycles. The van der Waals surface area contributed by atoms with Crippen LogP contribution in [0.3, 0.4) is 0 Å². The molecule has 0 radical (unpaired) electrons. The molecule has 0 bridgehead atoms. The van der Waals surface area contributed by atoms with E-state index < -0.39 is 22.4 Å². The zero-order chi connectivity index (χ0) is 20.4. The van der Waals surface area contributed by atoms with Crippen LogP contribution in [0.15, 0.2) is 29.7 Å². The topological polar surface area (TPSA) is 106 Å². The molecule has 1 saturated carbocycles. The van der Waals surface area contributed by atoms with Crippen molar-refractivity contribution in [2.75, 3.05) is 18.6 Å². The number of esters is 1. The third kappa shape index (κ3) is 4.34. The van der Waals surface area contributed by atoms with Crippen molar-refractivity contribution in [3.05, 3.63) is 40.1 Å². The quantitative estimate of drug-likeness (QED) is 0.402. The molecule has 2 aliphatic rings. The van der Waals surface area contributed by atoms with E-state index in [0.717, 1.165) is 12.8 Å². The van der Waals surface area contributed by atoms with Crippen LogP contribution in [0.25, 0.3) is 6.08 Å². The molecule has 1 aromatic heterocycles. The van der Waals surface area contributed by atoms with Crippen LogP contribution in [0.4, 0.5) is 5.69 Å². The third-order valence-corrected chi connectivity index (χ3v) is 6.09. The SMILES string of the molecule is COc1c(/C=C/C(=O)OC2CC2)cc(N[S+]([O-])C(=O)c2cccs2)c2c1OCO2. The van der Waals surface area contributed by atoms with Gasteiger partial charge in [-0.05, 0) is 36.4 Å². The summed E-state index contributed by atoms with van der Waals surface area (Å²) in [6.07, 6.45) is 4.56. The number of nitrogens with one attached hydrogen (secondary N) is 1. The number of carbonyl (C=O) groups excluding carboxylic acids is 2. The van der Waals surface area contributed by atoms with E-state index in [-0.39, 0.29) is 24.3 Å². The number of hydrogen-bond donors (Lipinski definition) is 1. The van der Waals surface area contributed by atoms with E-state index in [4.69, 9.17) is 18.9 Å². The van der Waals surface area contributed by atoms with Crippen LogP contribution in [-0.4, -0.2) is 35.6 Å². The molecule has 29 heavy (non-hydrogen) atoms. The lowest BCUT2D eigenvalue weighted by Gasteiger charge is -2.14. The van der Waals surface area contributed by atoms with Crippen molar-refractivity contribution in [3.8, 4) is 17.2 Å². The molecule has 1 fully saturated rings. The molecule has 1 N–H and O–H groups in total. The molecule has 8 nitrogen and oxygen atoms in total. The Labute approximate surface area is 173 Å². The fraction of sp³-hybridized carbons (Fsp3) is 0.263. The van der Waals surface area contributed by atoms with Crippen LogP contribution in [-0.2, 0) is 20.9 Å². The summed E-state index contributed by atoms with van der Waals surface area (Å²) in [6, 6.07) is 4.89. The van der Waals surface area contributed by atoms with Gasteiger partial charge in [-0.3, -0.25) is 0 Å². The molecule has 1 atom stereocenters. The lowest BCUT2D eigenvalue weighted by molar-refractivity contribution is -0.138. The second-order valence-corrected chi connectivity index (χ2v) is 8.28. The monoisotopic (exact) mass is 435 g/mol. The fourth-order valence-corrected chi connectivity index (χ4v) is 4.28. The zero-order valence-corrected chi connectivity index (χ0v) is 17.0. The number of rotatable bonds is 7. The number of hydrogen-bond acceptors (Lipinski definition) is 9. The van der Waals surface area contributed by atoms with Gasteiger partial charge in [0.1, 0.15) is 28.0 Å². The minimum atomic E-state index is -2.04. The predicted molar refractivity (Wildman–Crippen MR) is 108 cm³/mol. The second-order valence-electron chi connectivity index (χ2n) is 6.22. The molecule has 1 unspecified atom stereocenters. The molecule has 0 spiro atoms. The van der Waals surface area contributed by atoms with E-state index in [9.17, 15) is 14.1 Å². The molecule has 2 aromatic rings.